The van der Waals surface area contributed by atoms with Gasteiger partial charge in [-0.15, -0.1) is 0 Å². The summed E-state index contributed by atoms with van der Waals surface area (Å²) in [4.78, 5) is 28.2. The van der Waals surface area contributed by atoms with Gasteiger partial charge in [-0.1, -0.05) is 55.2 Å². The van der Waals surface area contributed by atoms with E-state index in [1.807, 2.05) is 20.8 Å². The second-order valence-corrected chi connectivity index (χ2v) is 11.4. The largest absolute Gasteiger partial charge is 0.352 e. The van der Waals surface area contributed by atoms with Gasteiger partial charge >= 0.3 is 0 Å². The maximum absolute atomic E-state index is 13.7. The predicted octanol–water partition coefficient (Wildman–Crippen LogP) is 4.79. The fourth-order valence-electron chi connectivity index (χ4n) is 3.59. The zero-order valence-corrected chi connectivity index (χ0v) is 23.0. The Bertz CT molecular complexity index is 1140. The van der Waals surface area contributed by atoms with E-state index in [1.54, 1.807) is 43.3 Å². The summed E-state index contributed by atoms with van der Waals surface area (Å²) in [5, 5.41) is 3.84. The molecule has 0 aliphatic heterocycles. The van der Waals surface area contributed by atoms with Gasteiger partial charge in [0.05, 0.1) is 11.9 Å². The summed E-state index contributed by atoms with van der Waals surface area (Å²) in [5.41, 5.74) is 1.73. The molecule has 0 saturated carbocycles. The van der Waals surface area contributed by atoms with Crippen LogP contribution in [0.3, 0.4) is 0 Å². The van der Waals surface area contributed by atoms with Crippen LogP contribution in [0.1, 0.15) is 44.7 Å². The van der Waals surface area contributed by atoms with E-state index in [0.717, 1.165) is 22.5 Å². The normalized spacial score (nSPS) is 13.1. The fourth-order valence-corrected chi connectivity index (χ4v) is 4.78. The summed E-state index contributed by atoms with van der Waals surface area (Å²) in [6.45, 7) is 7.06. The lowest BCUT2D eigenvalue weighted by molar-refractivity contribution is -0.140. The van der Waals surface area contributed by atoms with Crippen molar-refractivity contribution >= 4 is 50.7 Å². The van der Waals surface area contributed by atoms with Gasteiger partial charge in [-0.05, 0) is 62.1 Å². The molecule has 0 saturated heterocycles. The molecule has 2 atom stereocenters. The lowest BCUT2D eigenvalue weighted by atomic mass is 10.1. The Morgan fingerprint density at radius 3 is 2.14 bits per heavy atom. The van der Waals surface area contributed by atoms with Crippen molar-refractivity contribution in [3.63, 3.8) is 0 Å². The summed E-state index contributed by atoms with van der Waals surface area (Å²) in [6, 6.07) is 11.0. The number of hydrogen-bond donors (Lipinski definition) is 1. The number of halogens is 2. The van der Waals surface area contributed by atoms with Gasteiger partial charge in [0.1, 0.15) is 12.6 Å². The molecule has 2 rings (SSSR count). The van der Waals surface area contributed by atoms with Crippen molar-refractivity contribution in [2.24, 2.45) is 0 Å². The maximum atomic E-state index is 13.7. The number of nitrogens with one attached hydrogen (secondary N) is 1. The molecule has 2 aromatic carbocycles. The summed E-state index contributed by atoms with van der Waals surface area (Å²) in [7, 11) is -3.83. The van der Waals surface area contributed by atoms with E-state index in [4.69, 9.17) is 23.2 Å². The second-order valence-electron chi connectivity index (χ2n) is 8.59. The highest BCUT2D eigenvalue weighted by Crippen LogP contribution is 2.27. The van der Waals surface area contributed by atoms with Crippen molar-refractivity contribution in [3.05, 3.63) is 63.6 Å². The molecular weight excluding hydrogens is 509 g/mol. The minimum atomic E-state index is -3.83. The Balaban J connectivity index is 2.47. The summed E-state index contributed by atoms with van der Waals surface area (Å²) >= 11 is 12.1. The third-order valence-electron chi connectivity index (χ3n) is 5.77. The minimum Gasteiger partial charge on any atom is -0.352 e. The molecule has 2 amide bonds. The van der Waals surface area contributed by atoms with E-state index in [0.29, 0.717) is 27.7 Å². The first kappa shape index (κ1) is 28.9. The van der Waals surface area contributed by atoms with E-state index >= 15 is 0 Å². The molecule has 7 nitrogen and oxygen atoms in total. The molecule has 0 heterocycles. The van der Waals surface area contributed by atoms with Crippen LogP contribution in [0.2, 0.25) is 10.0 Å². The van der Waals surface area contributed by atoms with E-state index < -0.39 is 28.5 Å². The number of rotatable bonds is 11. The van der Waals surface area contributed by atoms with E-state index in [1.165, 1.54) is 11.0 Å². The van der Waals surface area contributed by atoms with Crippen molar-refractivity contribution in [1.82, 2.24) is 10.2 Å². The molecule has 35 heavy (non-hydrogen) atoms. The Kier molecular flexibility index (Phi) is 10.4. The monoisotopic (exact) mass is 541 g/mol. The topological polar surface area (TPSA) is 86.8 Å². The Morgan fingerprint density at radius 1 is 1.00 bits per heavy atom. The average Bonchev–Trinajstić information content (AvgIpc) is 2.79. The highest BCUT2D eigenvalue weighted by Gasteiger charge is 2.32. The molecule has 0 aromatic heterocycles. The van der Waals surface area contributed by atoms with Gasteiger partial charge in [-0.3, -0.25) is 13.9 Å². The van der Waals surface area contributed by atoms with Crippen LogP contribution in [0.5, 0.6) is 0 Å². The van der Waals surface area contributed by atoms with Crippen LogP contribution >= 0.6 is 23.2 Å². The number of aryl methyl sites for hydroxylation is 1. The molecule has 0 bridgehead atoms. The van der Waals surface area contributed by atoms with Gasteiger partial charge in [0, 0.05) is 22.6 Å². The van der Waals surface area contributed by atoms with Crippen LogP contribution in [-0.4, -0.2) is 50.0 Å². The molecular formula is C25H33Cl2N3O4S. The van der Waals surface area contributed by atoms with E-state index in [2.05, 4.69) is 5.32 Å². The SMILES string of the molecule is CC[C@@H](C)NC(=O)[C@H](CC)N(Cc1ccc(Cl)cc1)C(=O)CN(c1cc(Cl)ccc1C)S(C)(=O)=O. The van der Waals surface area contributed by atoms with Crippen molar-refractivity contribution in [2.75, 3.05) is 17.1 Å². The number of sulfonamides is 1. The number of carbonyl (C=O) groups excluding carboxylic acids is 2. The van der Waals surface area contributed by atoms with Gasteiger partial charge in [-0.25, -0.2) is 8.42 Å². The minimum absolute atomic E-state index is 0.0642. The lowest BCUT2D eigenvalue weighted by Crippen LogP contribution is -2.53. The quantitative estimate of drug-likeness (QED) is 0.443. The average molecular weight is 543 g/mol. The standard InChI is InChI=1S/C25H33Cl2N3O4S/c1-6-18(4)28-25(32)22(7-2)29(15-19-9-12-20(26)13-10-19)24(31)16-30(35(5,33)34)23-14-21(27)11-8-17(23)3/h8-14,18,22H,6-7,15-16H2,1-5H3,(H,28,32)/t18-,22+/m1/s1. The van der Waals surface area contributed by atoms with Crippen molar-refractivity contribution < 1.29 is 18.0 Å². The summed E-state index contributed by atoms with van der Waals surface area (Å²) < 4.78 is 26.5. The van der Waals surface area contributed by atoms with Crippen molar-refractivity contribution in [3.8, 4) is 0 Å². The number of carbonyl (C=O) groups is 2. The van der Waals surface area contributed by atoms with Gasteiger partial charge in [-0.2, -0.15) is 0 Å². The van der Waals surface area contributed by atoms with Gasteiger partial charge in [0.25, 0.3) is 0 Å². The molecule has 0 unspecified atom stereocenters. The van der Waals surface area contributed by atoms with Crippen LogP contribution in [0.4, 0.5) is 5.69 Å². The molecule has 2 aromatic rings. The first-order valence-electron chi connectivity index (χ1n) is 11.5. The van der Waals surface area contributed by atoms with E-state index in [9.17, 15) is 18.0 Å². The summed E-state index contributed by atoms with van der Waals surface area (Å²) in [5.74, 6) is -0.787. The fraction of sp³-hybridized carbons (Fsp3) is 0.440. The van der Waals surface area contributed by atoms with E-state index in [-0.39, 0.29) is 18.5 Å². The molecule has 0 fully saturated rings. The van der Waals surface area contributed by atoms with Gasteiger partial charge in [0.2, 0.25) is 21.8 Å². The third kappa shape index (κ3) is 8.12. The Morgan fingerprint density at radius 2 is 1.60 bits per heavy atom. The smallest absolute Gasteiger partial charge is 0.244 e. The van der Waals surface area contributed by atoms with Crippen LogP contribution in [0, 0.1) is 6.92 Å². The zero-order chi connectivity index (χ0) is 26.3. The molecule has 10 heteroatoms. The zero-order valence-electron chi connectivity index (χ0n) is 20.7. The number of hydrogen-bond acceptors (Lipinski definition) is 4. The van der Waals surface area contributed by atoms with Crippen molar-refractivity contribution in [1.29, 1.82) is 0 Å². The van der Waals surface area contributed by atoms with Crippen LogP contribution in [-0.2, 0) is 26.2 Å². The third-order valence-corrected chi connectivity index (χ3v) is 7.39. The van der Waals surface area contributed by atoms with Crippen LogP contribution in [0.25, 0.3) is 0 Å². The summed E-state index contributed by atoms with van der Waals surface area (Å²) in [6.07, 6.45) is 2.14. The second kappa shape index (κ2) is 12.6. The number of amides is 2. The lowest BCUT2D eigenvalue weighted by Gasteiger charge is -2.33. The molecule has 0 aliphatic carbocycles. The molecule has 1 N–H and O–H groups in total. The van der Waals surface area contributed by atoms with Crippen LogP contribution in [0.15, 0.2) is 42.5 Å². The highest BCUT2D eigenvalue weighted by molar-refractivity contribution is 7.92. The first-order valence-corrected chi connectivity index (χ1v) is 14.1. The number of anilines is 1. The number of benzene rings is 2. The number of nitrogens with zero attached hydrogens (tertiary/aromatic N) is 2. The van der Waals surface area contributed by atoms with Crippen molar-refractivity contribution in [2.45, 2.75) is 59.2 Å². The Labute approximate surface area is 218 Å². The highest BCUT2D eigenvalue weighted by atomic mass is 35.5. The molecule has 0 radical (unpaired) electrons. The Hall–Kier alpha value is -2.29. The van der Waals surface area contributed by atoms with Crippen LogP contribution < -0.4 is 9.62 Å². The molecule has 0 aliphatic rings. The molecule has 0 spiro atoms. The molecule has 192 valence electrons. The van der Waals surface area contributed by atoms with Gasteiger partial charge < -0.3 is 10.2 Å². The maximum Gasteiger partial charge on any atom is 0.244 e. The predicted molar refractivity (Wildman–Crippen MR) is 142 cm³/mol. The van der Waals surface area contributed by atoms with Gasteiger partial charge in [0.15, 0.2) is 0 Å². The first-order chi connectivity index (χ1) is 16.4.